The van der Waals surface area contributed by atoms with Gasteiger partial charge in [-0.15, -0.1) is 10.2 Å². The Morgan fingerprint density at radius 3 is 2.68 bits per heavy atom. The van der Waals surface area contributed by atoms with Crippen LogP contribution < -0.4 is 4.90 Å². The number of nitrogens with zero attached hydrogens (tertiary/aromatic N) is 3. The average molecular weight is 275 g/mol. The molecule has 1 aliphatic heterocycles. The fourth-order valence-corrected chi connectivity index (χ4v) is 3.19. The van der Waals surface area contributed by atoms with Crippen LogP contribution in [0.2, 0.25) is 0 Å². The van der Waals surface area contributed by atoms with Crippen LogP contribution in [0, 0.1) is 0 Å². The van der Waals surface area contributed by atoms with Gasteiger partial charge in [0.1, 0.15) is 0 Å². The molecule has 1 aliphatic rings. The standard InChI is InChI=1S/C13H13N3O2S/c17-13(18)11-12(16-5-7-19-8-6-16)9-3-1-2-4-10(9)14-15-11/h1-4H,5-8H2,(H,17,18). The monoisotopic (exact) mass is 275 g/mol. The van der Waals surface area contributed by atoms with Crippen LogP contribution in [0.5, 0.6) is 0 Å². The van der Waals surface area contributed by atoms with Crippen LogP contribution in [0.3, 0.4) is 0 Å². The molecule has 6 heteroatoms. The maximum Gasteiger partial charge on any atom is 0.358 e. The Morgan fingerprint density at radius 2 is 1.95 bits per heavy atom. The van der Waals surface area contributed by atoms with Gasteiger partial charge >= 0.3 is 5.97 Å². The zero-order chi connectivity index (χ0) is 13.2. The van der Waals surface area contributed by atoms with Gasteiger partial charge in [0.05, 0.1) is 11.2 Å². The van der Waals surface area contributed by atoms with E-state index < -0.39 is 5.97 Å². The van der Waals surface area contributed by atoms with Crippen molar-refractivity contribution >= 4 is 34.3 Å². The van der Waals surface area contributed by atoms with Crippen molar-refractivity contribution in [1.29, 1.82) is 0 Å². The number of rotatable bonds is 2. The van der Waals surface area contributed by atoms with E-state index in [1.807, 2.05) is 36.0 Å². The van der Waals surface area contributed by atoms with Crippen LogP contribution in [-0.4, -0.2) is 45.9 Å². The summed E-state index contributed by atoms with van der Waals surface area (Å²) in [5.41, 5.74) is 1.49. The van der Waals surface area contributed by atoms with E-state index in [-0.39, 0.29) is 5.69 Å². The fraction of sp³-hybridized carbons (Fsp3) is 0.308. The first kappa shape index (κ1) is 12.2. The predicted molar refractivity (Wildman–Crippen MR) is 76.0 cm³/mol. The lowest BCUT2D eigenvalue weighted by Gasteiger charge is -2.29. The molecule has 0 unspecified atom stereocenters. The number of carboxylic acids is 1. The molecule has 0 amide bonds. The summed E-state index contributed by atoms with van der Waals surface area (Å²) in [4.78, 5) is 13.5. The van der Waals surface area contributed by atoms with Gasteiger partial charge in [-0.05, 0) is 6.07 Å². The lowest BCUT2D eigenvalue weighted by atomic mass is 10.1. The van der Waals surface area contributed by atoms with Gasteiger partial charge < -0.3 is 10.0 Å². The first-order valence-electron chi connectivity index (χ1n) is 6.09. The third-order valence-corrected chi connectivity index (χ3v) is 4.11. The number of thioether (sulfide) groups is 1. The summed E-state index contributed by atoms with van der Waals surface area (Å²) in [7, 11) is 0. The third-order valence-electron chi connectivity index (χ3n) is 3.17. The van der Waals surface area contributed by atoms with E-state index in [0.29, 0.717) is 5.69 Å². The number of benzene rings is 1. The van der Waals surface area contributed by atoms with E-state index in [9.17, 15) is 9.90 Å². The summed E-state index contributed by atoms with van der Waals surface area (Å²) in [5, 5.41) is 18.1. The van der Waals surface area contributed by atoms with E-state index >= 15 is 0 Å². The molecule has 0 spiro atoms. The lowest BCUT2D eigenvalue weighted by Crippen LogP contribution is -2.34. The molecule has 0 radical (unpaired) electrons. The molecule has 1 fully saturated rings. The molecule has 1 aromatic heterocycles. The van der Waals surface area contributed by atoms with Crippen molar-refractivity contribution in [2.75, 3.05) is 29.5 Å². The van der Waals surface area contributed by atoms with Gasteiger partial charge in [-0.25, -0.2) is 4.79 Å². The molecular weight excluding hydrogens is 262 g/mol. The number of aromatic carboxylic acids is 1. The van der Waals surface area contributed by atoms with E-state index in [1.165, 1.54) is 0 Å². The normalized spacial score (nSPS) is 15.7. The van der Waals surface area contributed by atoms with Gasteiger partial charge in [0, 0.05) is 30.0 Å². The van der Waals surface area contributed by atoms with Crippen molar-refractivity contribution in [2.45, 2.75) is 0 Å². The highest BCUT2D eigenvalue weighted by Crippen LogP contribution is 2.30. The molecule has 0 aliphatic carbocycles. The average Bonchev–Trinajstić information content (AvgIpc) is 2.46. The molecule has 0 saturated carbocycles. The molecule has 1 saturated heterocycles. The predicted octanol–water partition coefficient (Wildman–Crippen LogP) is 1.88. The molecule has 3 rings (SSSR count). The summed E-state index contributed by atoms with van der Waals surface area (Å²) in [6, 6.07) is 7.55. The maximum absolute atomic E-state index is 11.4. The molecule has 19 heavy (non-hydrogen) atoms. The van der Waals surface area contributed by atoms with Gasteiger partial charge in [-0.2, -0.15) is 11.8 Å². The van der Waals surface area contributed by atoms with E-state index in [4.69, 9.17) is 0 Å². The SMILES string of the molecule is O=C(O)c1nnc2ccccc2c1N1CCSCC1. The highest BCUT2D eigenvalue weighted by molar-refractivity contribution is 7.99. The van der Waals surface area contributed by atoms with Gasteiger partial charge in [0.25, 0.3) is 0 Å². The number of hydrogen-bond donors (Lipinski definition) is 1. The van der Waals surface area contributed by atoms with Gasteiger partial charge in [-0.1, -0.05) is 18.2 Å². The van der Waals surface area contributed by atoms with Crippen molar-refractivity contribution in [3.8, 4) is 0 Å². The van der Waals surface area contributed by atoms with Crippen LogP contribution in [0.1, 0.15) is 10.5 Å². The Labute approximate surface area is 114 Å². The van der Waals surface area contributed by atoms with Crippen molar-refractivity contribution in [3.05, 3.63) is 30.0 Å². The molecule has 0 bridgehead atoms. The Kier molecular flexibility index (Phi) is 3.25. The number of anilines is 1. The fourth-order valence-electron chi connectivity index (χ4n) is 2.29. The Bertz CT molecular complexity index is 626. The molecule has 5 nitrogen and oxygen atoms in total. The first-order valence-corrected chi connectivity index (χ1v) is 7.24. The number of carbonyl (C=O) groups is 1. The highest BCUT2D eigenvalue weighted by atomic mass is 32.2. The summed E-state index contributed by atoms with van der Waals surface area (Å²) in [6.45, 7) is 1.70. The maximum atomic E-state index is 11.4. The van der Waals surface area contributed by atoms with Crippen LogP contribution in [0.15, 0.2) is 24.3 Å². The molecule has 1 N–H and O–H groups in total. The second-order valence-corrected chi connectivity index (χ2v) is 5.54. The van der Waals surface area contributed by atoms with E-state index in [0.717, 1.165) is 35.5 Å². The lowest BCUT2D eigenvalue weighted by molar-refractivity contribution is 0.0690. The minimum atomic E-state index is -1.02. The topological polar surface area (TPSA) is 66.3 Å². The van der Waals surface area contributed by atoms with Crippen molar-refractivity contribution in [1.82, 2.24) is 10.2 Å². The second-order valence-electron chi connectivity index (χ2n) is 4.32. The largest absolute Gasteiger partial charge is 0.476 e. The van der Waals surface area contributed by atoms with Crippen LogP contribution >= 0.6 is 11.8 Å². The van der Waals surface area contributed by atoms with Gasteiger partial charge in [-0.3, -0.25) is 0 Å². The van der Waals surface area contributed by atoms with Crippen LogP contribution in [-0.2, 0) is 0 Å². The smallest absolute Gasteiger partial charge is 0.358 e. The number of fused-ring (bicyclic) bond motifs is 1. The molecular formula is C13H13N3O2S. The molecule has 98 valence electrons. The summed E-state index contributed by atoms with van der Waals surface area (Å²) >= 11 is 1.89. The van der Waals surface area contributed by atoms with Gasteiger partial charge in [0.15, 0.2) is 5.69 Å². The summed E-state index contributed by atoms with van der Waals surface area (Å²) < 4.78 is 0. The highest BCUT2D eigenvalue weighted by Gasteiger charge is 2.23. The van der Waals surface area contributed by atoms with E-state index in [2.05, 4.69) is 15.1 Å². The Balaban J connectivity index is 2.21. The number of hydrogen-bond acceptors (Lipinski definition) is 5. The molecule has 2 heterocycles. The van der Waals surface area contributed by atoms with E-state index in [1.54, 1.807) is 0 Å². The number of carboxylic acid groups (broad SMARTS) is 1. The second kappa shape index (κ2) is 5.05. The molecule has 0 atom stereocenters. The Hall–Kier alpha value is -1.82. The minimum absolute atomic E-state index is 0.0469. The minimum Gasteiger partial charge on any atom is -0.476 e. The quantitative estimate of drug-likeness (QED) is 0.902. The summed E-state index contributed by atoms with van der Waals surface area (Å²) in [6.07, 6.45) is 0. The Morgan fingerprint density at radius 1 is 1.21 bits per heavy atom. The number of aromatic nitrogens is 2. The van der Waals surface area contributed by atoms with Crippen LogP contribution in [0.4, 0.5) is 5.69 Å². The summed E-state index contributed by atoms with van der Waals surface area (Å²) in [5.74, 6) is 0.997. The molecule has 1 aromatic carbocycles. The van der Waals surface area contributed by atoms with Crippen molar-refractivity contribution in [2.24, 2.45) is 0 Å². The zero-order valence-corrected chi connectivity index (χ0v) is 11.1. The molecule has 2 aromatic rings. The van der Waals surface area contributed by atoms with Crippen molar-refractivity contribution < 1.29 is 9.90 Å². The first-order chi connectivity index (χ1) is 9.27. The van der Waals surface area contributed by atoms with Gasteiger partial charge in [0.2, 0.25) is 0 Å². The third kappa shape index (κ3) is 2.23. The van der Waals surface area contributed by atoms with Crippen molar-refractivity contribution in [3.63, 3.8) is 0 Å². The zero-order valence-electron chi connectivity index (χ0n) is 10.2. The van der Waals surface area contributed by atoms with Crippen LogP contribution in [0.25, 0.3) is 10.9 Å².